The maximum atomic E-state index is 6.67. The van der Waals surface area contributed by atoms with Crippen LogP contribution in [0.15, 0.2) is 158 Å². The highest BCUT2D eigenvalue weighted by atomic mass is 35.5. The minimum Gasteiger partial charge on any atom is -0.255 e. The lowest BCUT2D eigenvalue weighted by atomic mass is 9.86. The van der Waals surface area contributed by atoms with Gasteiger partial charge in [0.15, 0.2) is 0 Å². The molecule has 0 aliphatic carbocycles. The molecule has 0 atom stereocenters. The van der Waals surface area contributed by atoms with Crippen molar-refractivity contribution in [3.8, 4) is 45.0 Å². The van der Waals surface area contributed by atoms with Crippen LogP contribution in [-0.2, 0) is 0 Å². The second-order valence-electron chi connectivity index (χ2n) is 11.7. The lowest BCUT2D eigenvalue weighted by Gasteiger charge is -2.18. The Bertz CT molecular complexity index is 2580. The predicted molar refractivity (Wildman–Crippen MR) is 197 cm³/mol. The molecule has 0 aliphatic heterocycles. The highest BCUT2D eigenvalue weighted by Crippen LogP contribution is 2.44. The molecule has 0 bridgehead atoms. The average molecular weight is 620 g/mol. The third-order valence-electron chi connectivity index (χ3n) is 9.03. The monoisotopic (exact) mass is 619 g/mol. The molecule has 0 fully saturated rings. The van der Waals surface area contributed by atoms with Gasteiger partial charge in [0.1, 0.15) is 0 Å². The first-order valence-corrected chi connectivity index (χ1v) is 16.0. The van der Waals surface area contributed by atoms with Crippen LogP contribution < -0.4 is 0 Å². The van der Waals surface area contributed by atoms with Crippen LogP contribution in [-0.4, -0.2) is 15.0 Å². The second kappa shape index (κ2) is 11.2. The first-order chi connectivity index (χ1) is 23.2. The first kappa shape index (κ1) is 27.4. The number of pyridine rings is 3. The molecule has 4 heteroatoms. The van der Waals surface area contributed by atoms with Crippen molar-refractivity contribution < 1.29 is 0 Å². The van der Waals surface area contributed by atoms with Crippen LogP contribution in [0.2, 0.25) is 5.02 Å². The van der Waals surface area contributed by atoms with Crippen LogP contribution in [0.3, 0.4) is 0 Å². The summed E-state index contributed by atoms with van der Waals surface area (Å²) < 4.78 is 0. The van der Waals surface area contributed by atoms with Gasteiger partial charge in [0.2, 0.25) is 0 Å². The number of hydrogen-bond acceptors (Lipinski definition) is 3. The van der Waals surface area contributed by atoms with Crippen molar-refractivity contribution in [2.45, 2.75) is 0 Å². The van der Waals surface area contributed by atoms with Gasteiger partial charge < -0.3 is 0 Å². The zero-order chi connectivity index (χ0) is 31.3. The molecule has 0 spiro atoms. The third kappa shape index (κ3) is 4.63. The Balaban J connectivity index is 1.37. The Kier molecular flexibility index (Phi) is 6.51. The summed E-state index contributed by atoms with van der Waals surface area (Å²) in [5.41, 5.74) is 7.83. The average Bonchev–Trinajstić information content (AvgIpc) is 3.15. The van der Waals surface area contributed by atoms with E-state index in [9.17, 15) is 0 Å². The van der Waals surface area contributed by atoms with Crippen LogP contribution in [0.1, 0.15) is 0 Å². The molecule has 0 N–H and O–H groups in total. The number of fused-ring (bicyclic) bond motifs is 6. The summed E-state index contributed by atoms with van der Waals surface area (Å²) in [5, 5.41) is 10.1. The van der Waals surface area contributed by atoms with E-state index in [1.165, 1.54) is 43.4 Å². The molecule has 0 amide bonds. The Morgan fingerprint density at radius 1 is 0.340 bits per heavy atom. The minimum absolute atomic E-state index is 0.761. The Hall–Kier alpha value is -5.90. The van der Waals surface area contributed by atoms with Crippen LogP contribution in [0.25, 0.3) is 88.1 Å². The standard InChI is InChI=1S/C43H26ClN3/c44-39-20-19-33(28-11-5-6-16-34(28)39)36-26-38-30-13-2-1-12-29(30)35(25-37(38)32-15-4-3-14-31(32)36)27-23-42(40-17-7-9-21-45-40)47-43(24-27)41-18-8-10-22-46-41/h1-26H. The van der Waals surface area contributed by atoms with E-state index in [0.29, 0.717) is 0 Å². The fourth-order valence-corrected chi connectivity index (χ4v) is 7.11. The maximum absolute atomic E-state index is 6.67. The number of rotatable bonds is 4. The van der Waals surface area contributed by atoms with E-state index in [1.54, 1.807) is 0 Å². The molecule has 3 aromatic heterocycles. The highest BCUT2D eigenvalue weighted by molar-refractivity contribution is 6.36. The number of hydrogen-bond donors (Lipinski definition) is 0. The van der Waals surface area contributed by atoms with Crippen molar-refractivity contribution in [2.75, 3.05) is 0 Å². The highest BCUT2D eigenvalue weighted by Gasteiger charge is 2.18. The van der Waals surface area contributed by atoms with Gasteiger partial charge in [-0.25, -0.2) is 4.98 Å². The Morgan fingerprint density at radius 2 is 0.809 bits per heavy atom. The van der Waals surface area contributed by atoms with E-state index in [2.05, 4.69) is 107 Å². The summed E-state index contributed by atoms with van der Waals surface area (Å²) >= 11 is 6.67. The summed E-state index contributed by atoms with van der Waals surface area (Å²) in [6.07, 6.45) is 3.62. The number of aromatic nitrogens is 3. The lowest BCUT2D eigenvalue weighted by Crippen LogP contribution is -1.95. The fourth-order valence-electron chi connectivity index (χ4n) is 6.89. The summed E-state index contributed by atoms with van der Waals surface area (Å²) in [5.74, 6) is 0. The second-order valence-corrected chi connectivity index (χ2v) is 12.1. The Morgan fingerprint density at radius 3 is 1.36 bits per heavy atom. The van der Waals surface area contributed by atoms with Crippen LogP contribution >= 0.6 is 11.6 Å². The van der Waals surface area contributed by atoms with Crippen molar-refractivity contribution in [1.29, 1.82) is 0 Å². The van der Waals surface area contributed by atoms with E-state index >= 15 is 0 Å². The van der Waals surface area contributed by atoms with E-state index in [0.717, 1.165) is 49.7 Å². The minimum atomic E-state index is 0.761. The van der Waals surface area contributed by atoms with Crippen LogP contribution in [0.4, 0.5) is 0 Å². The van der Waals surface area contributed by atoms with Crippen molar-refractivity contribution in [1.82, 2.24) is 15.0 Å². The SMILES string of the molecule is Clc1ccc(-c2cc3c4ccccc4c(-c4cc(-c5ccccn5)nc(-c5ccccn5)c4)cc3c3ccccc23)c2ccccc12. The lowest BCUT2D eigenvalue weighted by molar-refractivity contribution is 1.22. The number of halogens is 1. The topological polar surface area (TPSA) is 38.7 Å². The number of benzene rings is 6. The largest absolute Gasteiger partial charge is 0.255 e. The molecule has 47 heavy (non-hydrogen) atoms. The molecule has 3 nitrogen and oxygen atoms in total. The van der Waals surface area contributed by atoms with Gasteiger partial charge in [-0.15, -0.1) is 0 Å². The molecule has 0 saturated carbocycles. The molecule has 9 aromatic rings. The molecular formula is C43H26ClN3. The fraction of sp³-hybridized carbons (Fsp3) is 0. The van der Waals surface area contributed by atoms with Crippen molar-refractivity contribution >= 4 is 54.7 Å². The van der Waals surface area contributed by atoms with Crippen molar-refractivity contribution in [2.24, 2.45) is 0 Å². The smallest absolute Gasteiger partial charge is 0.0900 e. The van der Waals surface area contributed by atoms with Gasteiger partial charge in [-0.3, -0.25) is 9.97 Å². The van der Waals surface area contributed by atoms with E-state index < -0.39 is 0 Å². The van der Waals surface area contributed by atoms with Crippen LogP contribution in [0.5, 0.6) is 0 Å². The zero-order valence-corrected chi connectivity index (χ0v) is 26.0. The van der Waals surface area contributed by atoms with Gasteiger partial charge in [-0.2, -0.15) is 0 Å². The van der Waals surface area contributed by atoms with Gasteiger partial charge in [0.25, 0.3) is 0 Å². The predicted octanol–water partition coefficient (Wildman–Crippen LogP) is 11.8. The third-order valence-corrected chi connectivity index (χ3v) is 9.36. The zero-order valence-electron chi connectivity index (χ0n) is 25.2. The van der Waals surface area contributed by atoms with Gasteiger partial charge in [0, 0.05) is 22.8 Å². The summed E-state index contributed by atoms with van der Waals surface area (Å²) in [6.45, 7) is 0. The normalized spacial score (nSPS) is 11.5. The molecule has 0 aliphatic rings. The van der Waals surface area contributed by atoms with Gasteiger partial charge in [-0.1, -0.05) is 103 Å². The quantitative estimate of drug-likeness (QED) is 0.184. The molecular weight excluding hydrogens is 594 g/mol. The van der Waals surface area contributed by atoms with Crippen molar-refractivity contribution in [3.05, 3.63) is 163 Å². The van der Waals surface area contributed by atoms with Crippen molar-refractivity contribution in [3.63, 3.8) is 0 Å². The molecule has 6 aromatic carbocycles. The molecule has 0 unspecified atom stereocenters. The first-order valence-electron chi connectivity index (χ1n) is 15.6. The van der Waals surface area contributed by atoms with E-state index in [4.69, 9.17) is 16.6 Å². The molecule has 0 saturated heterocycles. The molecule has 0 radical (unpaired) electrons. The molecule has 220 valence electrons. The van der Waals surface area contributed by atoms with E-state index in [-0.39, 0.29) is 0 Å². The summed E-state index contributed by atoms with van der Waals surface area (Å²) in [7, 11) is 0. The molecule has 3 heterocycles. The maximum Gasteiger partial charge on any atom is 0.0900 e. The summed E-state index contributed by atoms with van der Waals surface area (Å²) in [4.78, 5) is 14.3. The van der Waals surface area contributed by atoms with E-state index in [1.807, 2.05) is 60.9 Å². The number of nitrogens with zero attached hydrogens (tertiary/aromatic N) is 3. The summed E-state index contributed by atoms with van der Waals surface area (Å²) in [6, 6.07) is 50.9. The van der Waals surface area contributed by atoms with Gasteiger partial charge in [-0.05, 0) is 115 Å². The van der Waals surface area contributed by atoms with Gasteiger partial charge in [0.05, 0.1) is 22.8 Å². The van der Waals surface area contributed by atoms with Gasteiger partial charge >= 0.3 is 0 Å². The van der Waals surface area contributed by atoms with Crippen LogP contribution in [0, 0.1) is 0 Å². The Labute approximate surface area is 276 Å². The molecule has 9 rings (SSSR count).